The van der Waals surface area contributed by atoms with Crippen molar-refractivity contribution in [3.63, 3.8) is 0 Å². The van der Waals surface area contributed by atoms with Crippen molar-refractivity contribution < 1.29 is 23.9 Å². The first-order chi connectivity index (χ1) is 22.2. The number of amides is 3. The molecule has 1 saturated heterocycles. The molecule has 0 unspecified atom stereocenters. The number of Topliss-reactive ketones (excluding diaryl/α,β-unsaturated/α-hetero) is 1. The Morgan fingerprint density at radius 1 is 0.761 bits per heavy atom. The standard InChI is InChI=1S/C36H53N5O5/c1-25(2)21-31(35(44)39-30(15-9-10-18-37)33(42)24-28-16-19-46-20-17-28)41-36(45)32(23-27-13-7-4-8-14-27)40-34(43)29(38)22-26-11-5-3-6-12-26/h3-8,11-14,25,28-32H,9-10,15-24,37-38H2,1-2H3,(H,39,44)(H,40,43)(H,41,45)/t29-,30-,31-,32-/m1/s1. The van der Waals surface area contributed by atoms with Crippen LogP contribution >= 0.6 is 0 Å². The van der Waals surface area contributed by atoms with Gasteiger partial charge in [0, 0.05) is 26.1 Å². The van der Waals surface area contributed by atoms with Crippen LogP contribution in [0.15, 0.2) is 60.7 Å². The predicted octanol–water partition coefficient (Wildman–Crippen LogP) is 2.81. The number of ketones is 1. The van der Waals surface area contributed by atoms with E-state index in [1.165, 1.54) is 0 Å². The fourth-order valence-electron chi connectivity index (χ4n) is 5.73. The molecule has 1 aliphatic rings. The summed E-state index contributed by atoms with van der Waals surface area (Å²) in [6, 6.07) is 15.4. The number of carbonyl (C=O) groups is 4. The molecule has 46 heavy (non-hydrogen) atoms. The minimum absolute atomic E-state index is 0.00600. The van der Waals surface area contributed by atoms with Crippen LogP contribution in [0.1, 0.15) is 69.9 Å². The Morgan fingerprint density at radius 2 is 1.30 bits per heavy atom. The van der Waals surface area contributed by atoms with Crippen LogP contribution in [0, 0.1) is 11.8 Å². The zero-order valence-corrected chi connectivity index (χ0v) is 27.4. The van der Waals surface area contributed by atoms with Gasteiger partial charge in [-0.15, -0.1) is 0 Å². The summed E-state index contributed by atoms with van der Waals surface area (Å²) in [5, 5.41) is 8.71. The highest BCUT2D eigenvalue weighted by molar-refractivity contribution is 5.95. The summed E-state index contributed by atoms with van der Waals surface area (Å²) in [6.45, 7) is 5.72. The molecule has 2 aromatic carbocycles. The van der Waals surface area contributed by atoms with E-state index in [1.807, 2.05) is 74.5 Å². The zero-order valence-electron chi connectivity index (χ0n) is 27.4. The Hall–Kier alpha value is -3.60. The smallest absolute Gasteiger partial charge is 0.243 e. The van der Waals surface area contributed by atoms with E-state index in [1.54, 1.807) is 0 Å². The Bertz CT molecular complexity index is 1220. The molecule has 1 heterocycles. The second-order valence-corrected chi connectivity index (χ2v) is 12.8. The van der Waals surface area contributed by atoms with Crippen LogP contribution in [-0.2, 0) is 36.8 Å². The number of rotatable bonds is 19. The summed E-state index contributed by atoms with van der Waals surface area (Å²) < 4.78 is 5.44. The van der Waals surface area contributed by atoms with Gasteiger partial charge in [0.15, 0.2) is 5.78 Å². The highest BCUT2D eigenvalue weighted by Gasteiger charge is 2.31. The van der Waals surface area contributed by atoms with E-state index in [4.69, 9.17) is 16.2 Å². The molecule has 0 saturated carbocycles. The van der Waals surface area contributed by atoms with E-state index in [2.05, 4.69) is 16.0 Å². The van der Waals surface area contributed by atoms with Gasteiger partial charge in [-0.3, -0.25) is 19.2 Å². The second kappa shape index (κ2) is 19.8. The van der Waals surface area contributed by atoms with E-state index in [9.17, 15) is 19.2 Å². The molecule has 2 aromatic rings. The Morgan fingerprint density at radius 3 is 1.89 bits per heavy atom. The first-order valence-corrected chi connectivity index (χ1v) is 16.7. The van der Waals surface area contributed by atoms with Crippen molar-refractivity contribution in [2.24, 2.45) is 23.3 Å². The van der Waals surface area contributed by atoms with Crippen molar-refractivity contribution in [3.05, 3.63) is 71.8 Å². The van der Waals surface area contributed by atoms with Gasteiger partial charge in [0.2, 0.25) is 17.7 Å². The molecule has 0 bridgehead atoms. The first kappa shape index (κ1) is 36.9. The van der Waals surface area contributed by atoms with Crippen molar-refractivity contribution in [3.8, 4) is 0 Å². The molecule has 1 aliphatic heterocycles. The first-order valence-electron chi connectivity index (χ1n) is 16.7. The molecule has 10 nitrogen and oxygen atoms in total. The molecular weight excluding hydrogens is 582 g/mol. The average Bonchev–Trinajstić information content (AvgIpc) is 3.04. The minimum Gasteiger partial charge on any atom is -0.381 e. The van der Waals surface area contributed by atoms with E-state index < -0.39 is 41.9 Å². The van der Waals surface area contributed by atoms with Crippen LogP contribution < -0.4 is 27.4 Å². The van der Waals surface area contributed by atoms with Gasteiger partial charge in [-0.05, 0) is 74.5 Å². The number of nitrogens with two attached hydrogens (primary N) is 2. The normalized spacial score (nSPS) is 16.2. The summed E-state index contributed by atoms with van der Waals surface area (Å²) in [4.78, 5) is 54.2. The SMILES string of the molecule is CC(C)C[C@@H](NC(=O)[C@@H](Cc1ccccc1)NC(=O)[C@H](N)Cc1ccccc1)C(=O)N[C@H](CCCCN)C(=O)CC1CCOCC1. The van der Waals surface area contributed by atoms with Gasteiger partial charge < -0.3 is 32.2 Å². The maximum Gasteiger partial charge on any atom is 0.243 e. The molecule has 7 N–H and O–H groups in total. The predicted molar refractivity (Wildman–Crippen MR) is 180 cm³/mol. The quantitative estimate of drug-likeness (QED) is 0.148. The van der Waals surface area contributed by atoms with Gasteiger partial charge in [0.25, 0.3) is 0 Å². The minimum atomic E-state index is -0.963. The van der Waals surface area contributed by atoms with Crippen molar-refractivity contribution in [1.29, 1.82) is 0 Å². The van der Waals surface area contributed by atoms with Gasteiger partial charge in [-0.2, -0.15) is 0 Å². The number of hydrogen-bond donors (Lipinski definition) is 5. The molecule has 252 valence electrons. The van der Waals surface area contributed by atoms with Crippen LogP contribution in [0.3, 0.4) is 0 Å². The third-order valence-corrected chi connectivity index (χ3v) is 8.37. The van der Waals surface area contributed by atoms with E-state index in [-0.39, 0.29) is 24.0 Å². The third-order valence-electron chi connectivity index (χ3n) is 8.37. The number of unbranched alkanes of at least 4 members (excludes halogenated alkanes) is 1. The molecule has 0 spiro atoms. The third kappa shape index (κ3) is 13.0. The summed E-state index contributed by atoms with van der Waals surface area (Å²) >= 11 is 0. The lowest BCUT2D eigenvalue weighted by atomic mass is 9.90. The summed E-state index contributed by atoms with van der Waals surface area (Å²) in [7, 11) is 0. The topological polar surface area (TPSA) is 166 Å². The molecule has 10 heteroatoms. The maximum absolute atomic E-state index is 13.8. The van der Waals surface area contributed by atoms with Gasteiger partial charge in [0.05, 0.1) is 12.1 Å². The fourth-order valence-corrected chi connectivity index (χ4v) is 5.73. The van der Waals surface area contributed by atoms with E-state index in [0.29, 0.717) is 51.9 Å². The molecule has 0 radical (unpaired) electrons. The summed E-state index contributed by atoms with van der Waals surface area (Å²) in [5.74, 6) is -1.05. The molecule has 0 aromatic heterocycles. The number of ether oxygens (including phenoxy) is 1. The van der Waals surface area contributed by atoms with Crippen LogP contribution in [0.5, 0.6) is 0 Å². The number of benzene rings is 2. The molecular formula is C36H53N5O5. The van der Waals surface area contributed by atoms with Crippen LogP contribution in [-0.4, -0.2) is 67.4 Å². The molecule has 4 atom stereocenters. The van der Waals surface area contributed by atoms with Crippen molar-refractivity contribution in [1.82, 2.24) is 16.0 Å². The Kier molecular flexibility index (Phi) is 15.9. The molecule has 3 amide bonds. The molecule has 1 fully saturated rings. The lowest BCUT2D eigenvalue weighted by Crippen LogP contribution is -2.58. The largest absolute Gasteiger partial charge is 0.381 e. The number of carbonyl (C=O) groups excluding carboxylic acids is 4. The highest BCUT2D eigenvalue weighted by atomic mass is 16.5. The highest BCUT2D eigenvalue weighted by Crippen LogP contribution is 2.21. The van der Waals surface area contributed by atoms with Crippen LogP contribution in [0.2, 0.25) is 0 Å². The van der Waals surface area contributed by atoms with E-state index in [0.717, 1.165) is 30.4 Å². The van der Waals surface area contributed by atoms with Gasteiger partial charge in [-0.1, -0.05) is 74.5 Å². The fraction of sp³-hybridized carbons (Fsp3) is 0.556. The lowest BCUT2D eigenvalue weighted by Gasteiger charge is -2.28. The van der Waals surface area contributed by atoms with Crippen molar-refractivity contribution >= 4 is 23.5 Å². The maximum atomic E-state index is 13.8. The Labute approximate surface area is 273 Å². The van der Waals surface area contributed by atoms with Crippen molar-refractivity contribution in [2.75, 3.05) is 19.8 Å². The molecule has 3 rings (SSSR count). The Balaban J connectivity index is 1.74. The second-order valence-electron chi connectivity index (χ2n) is 12.8. The van der Waals surface area contributed by atoms with E-state index >= 15 is 0 Å². The van der Waals surface area contributed by atoms with Crippen molar-refractivity contribution in [2.45, 2.75) is 95.8 Å². The lowest BCUT2D eigenvalue weighted by molar-refractivity contribution is -0.134. The summed E-state index contributed by atoms with van der Waals surface area (Å²) in [6.07, 6.45) is 4.87. The van der Waals surface area contributed by atoms with Gasteiger partial charge in [-0.25, -0.2) is 0 Å². The van der Waals surface area contributed by atoms with Crippen LogP contribution in [0.4, 0.5) is 0 Å². The molecule has 0 aliphatic carbocycles. The number of nitrogens with one attached hydrogen (secondary N) is 3. The van der Waals surface area contributed by atoms with Gasteiger partial charge >= 0.3 is 0 Å². The van der Waals surface area contributed by atoms with Crippen LogP contribution in [0.25, 0.3) is 0 Å². The zero-order chi connectivity index (χ0) is 33.3. The average molecular weight is 636 g/mol. The summed E-state index contributed by atoms with van der Waals surface area (Å²) in [5.41, 5.74) is 13.7. The number of hydrogen-bond acceptors (Lipinski definition) is 7. The monoisotopic (exact) mass is 635 g/mol. The van der Waals surface area contributed by atoms with Gasteiger partial charge in [0.1, 0.15) is 12.1 Å².